The average Bonchev–Trinajstić information content (AvgIpc) is 3.39. The molecule has 0 spiro atoms. The number of thiazole rings is 1. The van der Waals surface area contributed by atoms with E-state index in [9.17, 15) is 24.0 Å². The number of fused-ring (bicyclic) bond motifs is 1. The van der Waals surface area contributed by atoms with E-state index >= 15 is 0 Å². The number of rotatable bonds is 11. The Bertz CT molecular complexity index is 1260. The molecule has 14 nitrogen and oxygen atoms in total. The van der Waals surface area contributed by atoms with Gasteiger partial charge in [-0.15, -0.1) is 23.1 Å². The average molecular weight is 611 g/mol. The van der Waals surface area contributed by atoms with Crippen molar-refractivity contribution in [1.29, 1.82) is 0 Å². The van der Waals surface area contributed by atoms with Gasteiger partial charge in [-0.25, -0.2) is 9.78 Å². The van der Waals surface area contributed by atoms with Gasteiger partial charge in [-0.2, -0.15) is 0 Å². The van der Waals surface area contributed by atoms with Crippen molar-refractivity contribution in [2.45, 2.75) is 58.5 Å². The predicted molar refractivity (Wildman–Crippen MR) is 151 cm³/mol. The first-order chi connectivity index (χ1) is 19.3. The molecule has 1 aromatic rings. The fraction of sp³-hybridized carbons (Fsp3) is 0.560. The Kier molecular flexibility index (Phi) is 10.5. The molecule has 0 aliphatic carbocycles. The molecule has 0 radical (unpaired) electrons. The van der Waals surface area contributed by atoms with Crippen molar-refractivity contribution in [3.63, 3.8) is 0 Å². The van der Waals surface area contributed by atoms with Crippen LogP contribution in [0.4, 0.5) is 5.13 Å². The minimum atomic E-state index is -0.962. The summed E-state index contributed by atoms with van der Waals surface area (Å²) in [5.41, 5.74) is 5.11. The van der Waals surface area contributed by atoms with E-state index in [1.165, 1.54) is 35.2 Å². The smallest absolute Gasteiger partial charge is 0.357 e. The highest BCUT2D eigenvalue weighted by molar-refractivity contribution is 8.00. The Balaban J connectivity index is 1.62. The summed E-state index contributed by atoms with van der Waals surface area (Å²) >= 11 is 2.41. The lowest BCUT2D eigenvalue weighted by Crippen LogP contribution is -2.70. The summed E-state index contributed by atoms with van der Waals surface area (Å²) in [7, 11) is 1.25. The summed E-state index contributed by atoms with van der Waals surface area (Å²) in [6.07, 6.45) is 2.26. The molecular weight excluding hydrogens is 576 g/mol. The quantitative estimate of drug-likeness (QED) is 0.107. The van der Waals surface area contributed by atoms with Gasteiger partial charge in [0.2, 0.25) is 12.7 Å². The number of esters is 2. The Morgan fingerprint density at radius 1 is 1.27 bits per heavy atom. The first kappa shape index (κ1) is 32.0. The van der Waals surface area contributed by atoms with Crippen LogP contribution >= 0.6 is 23.1 Å². The second kappa shape index (κ2) is 13.4. The largest absolute Gasteiger partial charge is 0.427 e. The number of carbonyl (C=O) groups excluding carboxylic acids is 5. The maximum Gasteiger partial charge on any atom is 0.357 e. The first-order valence-electron chi connectivity index (χ1n) is 12.7. The zero-order valence-corrected chi connectivity index (χ0v) is 25.2. The van der Waals surface area contributed by atoms with Crippen LogP contribution in [-0.2, 0) is 38.3 Å². The number of ether oxygens (including phenoxy) is 2. The topological polar surface area (TPSA) is 192 Å². The molecule has 2 aliphatic heterocycles. The van der Waals surface area contributed by atoms with Gasteiger partial charge >= 0.3 is 11.9 Å². The van der Waals surface area contributed by atoms with Crippen LogP contribution in [0.15, 0.2) is 22.3 Å². The Hall–Kier alpha value is -3.50. The number of hydrogen-bond acceptors (Lipinski definition) is 13. The highest BCUT2D eigenvalue weighted by Crippen LogP contribution is 2.38. The van der Waals surface area contributed by atoms with Gasteiger partial charge in [0.05, 0.1) is 11.5 Å². The van der Waals surface area contributed by atoms with E-state index < -0.39 is 59.3 Å². The maximum atomic E-state index is 13.1. The normalized spacial score (nSPS) is 20.1. The number of amides is 3. The van der Waals surface area contributed by atoms with Crippen LogP contribution < -0.4 is 16.4 Å². The molecule has 2 aliphatic rings. The van der Waals surface area contributed by atoms with E-state index in [-0.39, 0.29) is 28.2 Å². The van der Waals surface area contributed by atoms with Crippen LogP contribution in [0.1, 0.15) is 46.7 Å². The van der Waals surface area contributed by atoms with E-state index in [0.29, 0.717) is 5.75 Å². The third-order valence-electron chi connectivity index (χ3n) is 6.27. The van der Waals surface area contributed by atoms with Crippen molar-refractivity contribution >= 4 is 63.6 Å². The fourth-order valence-corrected chi connectivity index (χ4v) is 5.50. The Labute approximate surface area is 245 Å². The molecule has 4 N–H and O–H groups in total. The van der Waals surface area contributed by atoms with Crippen LogP contribution in [0.3, 0.4) is 0 Å². The third kappa shape index (κ3) is 7.42. The lowest BCUT2D eigenvalue weighted by Gasteiger charge is -2.48. The lowest BCUT2D eigenvalue weighted by molar-refractivity contribution is -0.173. The summed E-state index contributed by atoms with van der Waals surface area (Å²) in [6.45, 7) is 8.19. The van der Waals surface area contributed by atoms with Crippen molar-refractivity contribution in [2.75, 3.05) is 25.0 Å². The Morgan fingerprint density at radius 3 is 2.61 bits per heavy atom. The second-order valence-corrected chi connectivity index (χ2v) is 12.3. The highest BCUT2D eigenvalue weighted by atomic mass is 32.2. The van der Waals surface area contributed by atoms with E-state index in [1.807, 2.05) is 13.8 Å². The second-order valence-electron chi connectivity index (χ2n) is 10.3. The first-order valence-corrected chi connectivity index (χ1v) is 14.7. The molecule has 3 amide bonds. The van der Waals surface area contributed by atoms with Crippen molar-refractivity contribution in [3.05, 3.63) is 22.8 Å². The number of nitrogens with zero attached hydrogens (tertiary/aromatic N) is 3. The third-order valence-corrected chi connectivity index (χ3v) is 8.21. The number of β-lactam (4-membered cyclic amide) rings is 1. The van der Waals surface area contributed by atoms with Gasteiger partial charge in [-0.3, -0.25) is 24.1 Å². The van der Waals surface area contributed by atoms with Crippen molar-refractivity contribution in [3.8, 4) is 0 Å². The van der Waals surface area contributed by atoms with Crippen LogP contribution in [0, 0.1) is 11.3 Å². The number of aromatic nitrogens is 1. The van der Waals surface area contributed by atoms with Crippen LogP contribution in [0.5, 0.6) is 0 Å². The molecule has 224 valence electrons. The standard InChI is InChI=1S/C25H34N6O8S2/c1-7-12(2)15(26)18(32)29-24-27-13(10-41-24)16(30-37-6)19(33)28-17-20(34)31-14(8-9-40-21(17)31)22(35)38-11-39-23(36)25(3,4)5/h8,10,12,15,17,21H,7,9,11,26H2,1-6H3,(H,28,33)(H,27,29,32)/b30-16-/t12-,15-,17+,21+/m0/s1. The van der Waals surface area contributed by atoms with Crippen molar-refractivity contribution < 1.29 is 38.3 Å². The molecule has 3 rings (SSSR count). The summed E-state index contributed by atoms with van der Waals surface area (Å²) < 4.78 is 9.99. The van der Waals surface area contributed by atoms with Gasteiger partial charge in [-0.05, 0) is 32.8 Å². The molecular formula is C25H34N6O8S2. The van der Waals surface area contributed by atoms with Crippen LogP contribution in [0.2, 0.25) is 0 Å². The van der Waals surface area contributed by atoms with E-state index in [0.717, 1.165) is 17.8 Å². The zero-order chi connectivity index (χ0) is 30.5. The minimum absolute atomic E-state index is 0.00248. The molecule has 4 atom stereocenters. The van der Waals surface area contributed by atoms with Crippen molar-refractivity contribution in [2.24, 2.45) is 22.2 Å². The molecule has 0 bridgehead atoms. The summed E-state index contributed by atoms with van der Waals surface area (Å²) in [4.78, 5) is 73.3. The van der Waals surface area contributed by atoms with E-state index in [4.69, 9.17) is 20.0 Å². The molecule has 1 aromatic heterocycles. The number of oxime groups is 1. The van der Waals surface area contributed by atoms with Gasteiger partial charge in [0.1, 0.15) is 29.9 Å². The van der Waals surface area contributed by atoms with Crippen molar-refractivity contribution in [1.82, 2.24) is 15.2 Å². The molecule has 0 saturated carbocycles. The molecule has 1 fully saturated rings. The van der Waals surface area contributed by atoms with E-state index in [2.05, 4.69) is 20.8 Å². The molecule has 1 saturated heterocycles. The summed E-state index contributed by atoms with van der Waals surface area (Å²) in [6, 6.07) is -1.69. The van der Waals surface area contributed by atoms with Gasteiger partial charge < -0.3 is 30.7 Å². The molecule has 3 heterocycles. The molecule has 41 heavy (non-hydrogen) atoms. The monoisotopic (exact) mass is 610 g/mol. The van der Waals surface area contributed by atoms with Gasteiger partial charge in [0, 0.05) is 11.1 Å². The van der Waals surface area contributed by atoms with Gasteiger partial charge in [-0.1, -0.05) is 25.4 Å². The van der Waals surface area contributed by atoms with Crippen LogP contribution in [-0.4, -0.2) is 82.4 Å². The van der Waals surface area contributed by atoms with Crippen LogP contribution in [0.25, 0.3) is 0 Å². The maximum absolute atomic E-state index is 13.1. The fourth-order valence-electron chi connectivity index (χ4n) is 3.60. The Morgan fingerprint density at radius 2 is 1.98 bits per heavy atom. The lowest BCUT2D eigenvalue weighted by atomic mass is 9.98. The minimum Gasteiger partial charge on any atom is -0.427 e. The number of anilines is 1. The number of nitrogens with one attached hydrogen (secondary N) is 2. The zero-order valence-electron chi connectivity index (χ0n) is 23.6. The number of carbonyl (C=O) groups is 5. The SMILES string of the molecule is CC[C@H](C)[C@H](N)C(=O)Nc1nc(/C(=N/OC)C(=O)N[C@@H]2C(=O)N3C(C(=O)OCOC(=O)C(C)(C)C)=CCS[C@H]23)cs1. The van der Waals surface area contributed by atoms with Gasteiger partial charge in [0.25, 0.3) is 11.8 Å². The molecule has 0 aromatic carbocycles. The summed E-state index contributed by atoms with van der Waals surface area (Å²) in [5, 5.41) is 10.2. The highest BCUT2D eigenvalue weighted by Gasteiger charge is 2.53. The van der Waals surface area contributed by atoms with E-state index in [1.54, 1.807) is 20.8 Å². The number of thioether (sulfide) groups is 1. The number of nitrogens with two attached hydrogens (primary N) is 1. The predicted octanol–water partition coefficient (Wildman–Crippen LogP) is 1.18. The summed E-state index contributed by atoms with van der Waals surface area (Å²) in [5.74, 6) is -2.71. The molecule has 16 heteroatoms. The molecule has 0 unspecified atom stereocenters. The van der Waals surface area contributed by atoms with Gasteiger partial charge in [0.15, 0.2) is 10.8 Å². The number of hydrogen-bond donors (Lipinski definition) is 3.